The van der Waals surface area contributed by atoms with Crippen molar-refractivity contribution in [2.45, 2.75) is 0 Å². The number of anilines is 1. The molecule has 0 saturated carbocycles. The van der Waals surface area contributed by atoms with Crippen molar-refractivity contribution in [2.75, 3.05) is 5.73 Å². The lowest BCUT2D eigenvalue weighted by Gasteiger charge is -1.98. The Hall–Kier alpha value is -2.36. The Morgan fingerprint density at radius 1 is 1.12 bits per heavy atom. The number of pyridine rings is 1. The number of fused-ring (bicyclic) bond motifs is 1. The van der Waals surface area contributed by atoms with Gasteiger partial charge in [-0.25, -0.2) is 0 Å². The van der Waals surface area contributed by atoms with Crippen molar-refractivity contribution in [3.8, 4) is 11.3 Å². The van der Waals surface area contributed by atoms with Crippen molar-refractivity contribution < 1.29 is 4.52 Å². The second-order valence-electron chi connectivity index (χ2n) is 3.49. The highest BCUT2D eigenvalue weighted by atomic mass is 16.5. The number of nitrogen functional groups attached to an aromatic ring is 1. The lowest BCUT2D eigenvalue weighted by Crippen LogP contribution is -1.83. The Morgan fingerprint density at radius 3 is 2.88 bits per heavy atom. The molecule has 0 aliphatic rings. The highest BCUT2D eigenvalue weighted by Crippen LogP contribution is 2.25. The first-order valence-electron chi connectivity index (χ1n) is 4.91. The molecule has 0 bridgehead atoms. The van der Waals surface area contributed by atoms with Gasteiger partial charge in [0.1, 0.15) is 5.52 Å². The van der Waals surface area contributed by atoms with Gasteiger partial charge in [-0.3, -0.25) is 4.98 Å². The van der Waals surface area contributed by atoms with Gasteiger partial charge in [0.05, 0.1) is 11.1 Å². The molecule has 0 spiro atoms. The maximum atomic E-state index is 5.62. The van der Waals surface area contributed by atoms with Crippen molar-refractivity contribution >= 4 is 16.8 Å². The smallest absolute Gasteiger partial charge is 0.229 e. The van der Waals surface area contributed by atoms with Gasteiger partial charge in [-0.05, 0) is 24.3 Å². The highest BCUT2D eigenvalue weighted by Gasteiger charge is 2.06. The van der Waals surface area contributed by atoms with Crippen LogP contribution in [0.15, 0.2) is 47.1 Å². The van der Waals surface area contributed by atoms with E-state index in [1.165, 1.54) is 0 Å². The summed E-state index contributed by atoms with van der Waals surface area (Å²) in [6.45, 7) is 0. The fraction of sp³-hybridized carbons (Fsp3) is 0. The predicted molar refractivity (Wildman–Crippen MR) is 61.7 cm³/mol. The second kappa shape index (κ2) is 3.34. The molecular weight excluding hydrogens is 202 g/mol. The van der Waals surface area contributed by atoms with Crippen LogP contribution in [0.5, 0.6) is 0 Å². The van der Waals surface area contributed by atoms with Crippen LogP contribution in [-0.4, -0.2) is 10.1 Å². The number of hydrogen-bond donors (Lipinski definition) is 1. The van der Waals surface area contributed by atoms with E-state index in [0.29, 0.717) is 5.88 Å². The lowest BCUT2D eigenvalue weighted by molar-refractivity contribution is 0.445. The van der Waals surface area contributed by atoms with Crippen LogP contribution in [0.2, 0.25) is 0 Å². The Balaban J connectivity index is 2.19. The summed E-state index contributed by atoms with van der Waals surface area (Å²) < 4.78 is 4.91. The Bertz CT molecular complexity index is 631. The van der Waals surface area contributed by atoms with Crippen molar-refractivity contribution in [3.05, 3.63) is 42.6 Å². The maximum Gasteiger partial charge on any atom is 0.229 e. The molecule has 2 N–H and O–H groups in total. The van der Waals surface area contributed by atoms with E-state index >= 15 is 0 Å². The summed E-state index contributed by atoms with van der Waals surface area (Å²) >= 11 is 0. The third-order valence-electron chi connectivity index (χ3n) is 2.47. The van der Waals surface area contributed by atoms with Gasteiger partial charge in [0.25, 0.3) is 0 Å². The van der Waals surface area contributed by atoms with Gasteiger partial charge in [-0.2, -0.15) is 0 Å². The number of nitrogens with two attached hydrogens (primary N) is 1. The minimum Gasteiger partial charge on any atom is -0.367 e. The van der Waals surface area contributed by atoms with Crippen LogP contribution < -0.4 is 5.73 Å². The quantitative estimate of drug-likeness (QED) is 0.671. The molecule has 0 aliphatic heterocycles. The minimum atomic E-state index is 0.350. The molecule has 4 nitrogen and oxygen atoms in total. The summed E-state index contributed by atoms with van der Waals surface area (Å²) in [5.74, 6) is 0.350. The highest BCUT2D eigenvalue weighted by molar-refractivity contribution is 5.90. The molecule has 4 heteroatoms. The van der Waals surface area contributed by atoms with E-state index in [4.69, 9.17) is 10.3 Å². The zero-order valence-electron chi connectivity index (χ0n) is 8.42. The maximum absolute atomic E-state index is 5.62. The first-order valence-corrected chi connectivity index (χ1v) is 4.91. The summed E-state index contributed by atoms with van der Waals surface area (Å²) in [6, 6.07) is 11.5. The van der Waals surface area contributed by atoms with Gasteiger partial charge in [0.15, 0.2) is 0 Å². The number of rotatable bonds is 1. The molecule has 0 radical (unpaired) electrons. The molecule has 2 aromatic heterocycles. The van der Waals surface area contributed by atoms with Crippen molar-refractivity contribution in [1.82, 2.24) is 10.1 Å². The van der Waals surface area contributed by atoms with E-state index in [1.54, 1.807) is 6.20 Å². The lowest BCUT2D eigenvalue weighted by atomic mass is 10.1. The minimum absolute atomic E-state index is 0.350. The van der Waals surface area contributed by atoms with Gasteiger partial charge in [0.2, 0.25) is 5.88 Å². The van der Waals surface area contributed by atoms with Gasteiger partial charge in [-0.15, -0.1) is 0 Å². The summed E-state index contributed by atoms with van der Waals surface area (Å²) in [4.78, 5) is 4.27. The van der Waals surface area contributed by atoms with Crippen LogP contribution in [-0.2, 0) is 0 Å². The molecule has 78 valence electrons. The molecule has 0 fully saturated rings. The molecule has 2 heterocycles. The van der Waals surface area contributed by atoms with Crippen LogP contribution in [0, 0.1) is 0 Å². The molecule has 1 aromatic carbocycles. The van der Waals surface area contributed by atoms with Gasteiger partial charge >= 0.3 is 0 Å². The largest absolute Gasteiger partial charge is 0.367 e. The van der Waals surface area contributed by atoms with E-state index in [2.05, 4.69) is 10.1 Å². The first-order chi connectivity index (χ1) is 7.84. The fourth-order valence-electron chi connectivity index (χ4n) is 1.66. The molecule has 16 heavy (non-hydrogen) atoms. The molecule has 0 amide bonds. The topological polar surface area (TPSA) is 64.9 Å². The van der Waals surface area contributed by atoms with E-state index in [0.717, 1.165) is 22.2 Å². The fourth-order valence-corrected chi connectivity index (χ4v) is 1.66. The van der Waals surface area contributed by atoms with Crippen LogP contribution >= 0.6 is 0 Å². The summed E-state index contributed by atoms with van der Waals surface area (Å²) in [5, 5.41) is 4.71. The van der Waals surface area contributed by atoms with Gasteiger partial charge in [-0.1, -0.05) is 17.3 Å². The Labute approximate surface area is 91.7 Å². The zero-order chi connectivity index (χ0) is 11.0. The van der Waals surface area contributed by atoms with E-state index in [1.807, 2.05) is 36.4 Å². The number of hydrogen-bond acceptors (Lipinski definition) is 4. The second-order valence-corrected chi connectivity index (χ2v) is 3.49. The molecule has 0 unspecified atom stereocenters. The SMILES string of the molecule is Nc1onc2cc(-c3ccccn3)ccc12. The first kappa shape index (κ1) is 8.91. The number of benzene rings is 1. The average Bonchev–Trinajstić information content (AvgIpc) is 2.72. The van der Waals surface area contributed by atoms with Crippen molar-refractivity contribution in [2.24, 2.45) is 0 Å². The molecular formula is C12H9N3O. The standard InChI is InChI=1S/C12H9N3O/c13-12-9-5-4-8(7-11(9)15-16-12)10-3-1-2-6-14-10/h1-7H,13H2. The predicted octanol–water partition coefficient (Wildman–Crippen LogP) is 2.47. The van der Waals surface area contributed by atoms with Gasteiger partial charge in [0, 0.05) is 11.8 Å². The van der Waals surface area contributed by atoms with Crippen LogP contribution in [0.25, 0.3) is 22.2 Å². The van der Waals surface area contributed by atoms with Gasteiger partial charge < -0.3 is 10.3 Å². The Morgan fingerprint density at radius 2 is 2.06 bits per heavy atom. The van der Waals surface area contributed by atoms with E-state index in [-0.39, 0.29) is 0 Å². The molecule has 0 saturated heterocycles. The third kappa shape index (κ3) is 1.32. The summed E-state index contributed by atoms with van der Waals surface area (Å²) in [7, 11) is 0. The normalized spacial score (nSPS) is 10.8. The molecule has 0 aliphatic carbocycles. The molecule has 0 atom stereocenters. The third-order valence-corrected chi connectivity index (χ3v) is 2.47. The van der Waals surface area contributed by atoms with Crippen molar-refractivity contribution in [3.63, 3.8) is 0 Å². The summed E-state index contributed by atoms with van der Waals surface area (Å²) in [5.41, 5.74) is 8.28. The van der Waals surface area contributed by atoms with E-state index in [9.17, 15) is 0 Å². The van der Waals surface area contributed by atoms with Crippen molar-refractivity contribution in [1.29, 1.82) is 0 Å². The Kier molecular flexibility index (Phi) is 1.86. The average molecular weight is 211 g/mol. The molecule has 3 rings (SSSR count). The molecule has 3 aromatic rings. The number of nitrogens with zero attached hydrogens (tertiary/aromatic N) is 2. The van der Waals surface area contributed by atoms with Crippen LogP contribution in [0.4, 0.5) is 5.88 Å². The van der Waals surface area contributed by atoms with Crippen LogP contribution in [0.3, 0.4) is 0 Å². The van der Waals surface area contributed by atoms with E-state index < -0.39 is 0 Å². The zero-order valence-corrected chi connectivity index (χ0v) is 8.42. The number of aromatic nitrogens is 2. The monoisotopic (exact) mass is 211 g/mol. The van der Waals surface area contributed by atoms with Crippen LogP contribution in [0.1, 0.15) is 0 Å². The summed E-state index contributed by atoms with van der Waals surface area (Å²) in [6.07, 6.45) is 1.76.